The molecule has 0 radical (unpaired) electrons. The van der Waals surface area contributed by atoms with Crippen molar-refractivity contribution in [2.24, 2.45) is 0 Å². The molecule has 0 aliphatic carbocycles. The molecule has 6 nitrogen and oxygen atoms in total. The summed E-state index contributed by atoms with van der Waals surface area (Å²) in [4.78, 5) is 26.1. The SMILES string of the molecule is CCNC(=O)CNc1cc(C(=O)O)cc(C)n1. The van der Waals surface area contributed by atoms with Gasteiger partial charge in [0, 0.05) is 12.2 Å². The highest BCUT2D eigenvalue weighted by molar-refractivity contribution is 5.89. The van der Waals surface area contributed by atoms with Gasteiger partial charge in [-0.2, -0.15) is 0 Å². The second kappa shape index (κ2) is 5.83. The maximum atomic E-state index is 11.2. The number of anilines is 1. The fourth-order valence-corrected chi connectivity index (χ4v) is 1.31. The molecule has 0 saturated carbocycles. The number of carboxylic acid groups (broad SMARTS) is 1. The number of likely N-dealkylation sites (N-methyl/N-ethyl adjacent to an activating group) is 1. The number of nitrogens with one attached hydrogen (secondary N) is 2. The third-order valence-electron chi connectivity index (χ3n) is 2.00. The van der Waals surface area contributed by atoms with Gasteiger partial charge in [-0.25, -0.2) is 9.78 Å². The summed E-state index contributed by atoms with van der Waals surface area (Å²) in [7, 11) is 0. The molecule has 1 aromatic rings. The molecule has 0 spiro atoms. The van der Waals surface area contributed by atoms with Gasteiger partial charge in [-0.1, -0.05) is 0 Å². The number of aryl methyl sites for hydroxylation is 1. The smallest absolute Gasteiger partial charge is 0.335 e. The predicted octanol–water partition coefficient (Wildman–Crippen LogP) is 0.636. The number of rotatable bonds is 5. The molecular formula is C11H15N3O3. The van der Waals surface area contributed by atoms with Crippen LogP contribution in [0.15, 0.2) is 12.1 Å². The molecule has 6 heteroatoms. The Morgan fingerprint density at radius 1 is 1.41 bits per heavy atom. The molecule has 0 unspecified atom stereocenters. The summed E-state index contributed by atoms with van der Waals surface area (Å²) < 4.78 is 0. The summed E-state index contributed by atoms with van der Waals surface area (Å²) in [6.45, 7) is 4.15. The Hall–Kier alpha value is -2.11. The average molecular weight is 237 g/mol. The Morgan fingerprint density at radius 2 is 2.12 bits per heavy atom. The maximum Gasteiger partial charge on any atom is 0.335 e. The average Bonchev–Trinajstić information content (AvgIpc) is 2.26. The van der Waals surface area contributed by atoms with E-state index in [-0.39, 0.29) is 18.0 Å². The highest BCUT2D eigenvalue weighted by Gasteiger charge is 2.07. The summed E-state index contributed by atoms with van der Waals surface area (Å²) in [5.41, 5.74) is 0.735. The van der Waals surface area contributed by atoms with Crippen LogP contribution < -0.4 is 10.6 Å². The van der Waals surface area contributed by atoms with E-state index in [2.05, 4.69) is 15.6 Å². The van der Waals surface area contributed by atoms with E-state index in [4.69, 9.17) is 5.11 Å². The summed E-state index contributed by atoms with van der Waals surface area (Å²) in [5.74, 6) is -0.794. The van der Waals surface area contributed by atoms with Crippen molar-refractivity contribution in [2.45, 2.75) is 13.8 Å². The molecule has 0 atom stereocenters. The Morgan fingerprint density at radius 3 is 2.71 bits per heavy atom. The second-order valence-electron chi connectivity index (χ2n) is 3.49. The Kier molecular flexibility index (Phi) is 4.45. The van der Waals surface area contributed by atoms with Crippen molar-refractivity contribution < 1.29 is 14.7 Å². The number of aromatic nitrogens is 1. The van der Waals surface area contributed by atoms with Gasteiger partial charge in [0.15, 0.2) is 0 Å². The van der Waals surface area contributed by atoms with Gasteiger partial charge >= 0.3 is 5.97 Å². The Labute approximate surface area is 99.1 Å². The number of carbonyl (C=O) groups excluding carboxylic acids is 1. The normalized spacial score (nSPS) is 9.76. The second-order valence-corrected chi connectivity index (χ2v) is 3.49. The molecule has 0 bridgehead atoms. The zero-order valence-electron chi connectivity index (χ0n) is 9.78. The van der Waals surface area contributed by atoms with Crippen LogP contribution in [0.2, 0.25) is 0 Å². The van der Waals surface area contributed by atoms with Gasteiger partial charge in [0.25, 0.3) is 0 Å². The van der Waals surface area contributed by atoms with Gasteiger partial charge in [-0.15, -0.1) is 0 Å². The first-order chi connectivity index (χ1) is 8.02. The van der Waals surface area contributed by atoms with Crippen molar-refractivity contribution >= 4 is 17.7 Å². The number of hydrogen-bond acceptors (Lipinski definition) is 4. The minimum Gasteiger partial charge on any atom is -0.478 e. The zero-order valence-corrected chi connectivity index (χ0v) is 9.78. The van der Waals surface area contributed by atoms with E-state index in [0.29, 0.717) is 18.1 Å². The zero-order chi connectivity index (χ0) is 12.8. The maximum absolute atomic E-state index is 11.2. The van der Waals surface area contributed by atoms with Crippen LogP contribution in [0.1, 0.15) is 23.0 Å². The van der Waals surface area contributed by atoms with E-state index < -0.39 is 5.97 Å². The minimum absolute atomic E-state index is 0.0728. The molecule has 0 saturated heterocycles. The standard InChI is InChI=1S/C11H15N3O3/c1-3-12-10(15)6-13-9-5-8(11(16)17)4-7(2)14-9/h4-5H,3,6H2,1-2H3,(H,12,15)(H,13,14)(H,16,17). The molecule has 3 N–H and O–H groups in total. The quantitative estimate of drug-likeness (QED) is 0.699. The van der Waals surface area contributed by atoms with Gasteiger partial charge in [-0.05, 0) is 26.0 Å². The van der Waals surface area contributed by atoms with E-state index >= 15 is 0 Å². The van der Waals surface area contributed by atoms with Crippen LogP contribution in [0.5, 0.6) is 0 Å². The summed E-state index contributed by atoms with van der Waals surface area (Å²) >= 11 is 0. The molecule has 17 heavy (non-hydrogen) atoms. The molecule has 1 aromatic heterocycles. The predicted molar refractivity (Wildman–Crippen MR) is 63.1 cm³/mol. The van der Waals surface area contributed by atoms with Crippen molar-refractivity contribution in [3.05, 3.63) is 23.4 Å². The number of hydrogen-bond donors (Lipinski definition) is 3. The Balaban J connectivity index is 2.71. The number of aromatic carboxylic acids is 1. The topological polar surface area (TPSA) is 91.3 Å². The van der Waals surface area contributed by atoms with Crippen LogP contribution in [0.4, 0.5) is 5.82 Å². The van der Waals surface area contributed by atoms with Crippen LogP contribution in [0.25, 0.3) is 0 Å². The molecular weight excluding hydrogens is 222 g/mol. The number of pyridine rings is 1. The van der Waals surface area contributed by atoms with Gasteiger partial charge in [0.05, 0.1) is 12.1 Å². The highest BCUT2D eigenvalue weighted by Crippen LogP contribution is 2.09. The summed E-state index contributed by atoms with van der Waals surface area (Å²) in [5, 5.41) is 14.3. The first kappa shape index (κ1) is 13.0. The molecule has 1 heterocycles. The van der Waals surface area contributed by atoms with Crippen molar-refractivity contribution in [1.29, 1.82) is 0 Å². The number of carbonyl (C=O) groups is 2. The number of nitrogens with zero attached hydrogens (tertiary/aromatic N) is 1. The van der Waals surface area contributed by atoms with E-state index in [1.54, 1.807) is 6.92 Å². The van der Waals surface area contributed by atoms with Crippen molar-refractivity contribution in [3.8, 4) is 0 Å². The molecule has 0 aliphatic rings. The fourth-order valence-electron chi connectivity index (χ4n) is 1.31. The third kappa shape index (κ3) is 4.10. The van der Waals surface area contributed by atoms with Crippen molar-refractivity contribution in [1.82, 2.24) is 10.3 Å². The minimum atomic E-state index is -1.02. The number of amides is 1. The van der Waals surface area contributed by atoms with Crippen LogP contribution in [-0.2, 0) is 4.79 Å². The van der Waals surface area contributed by atoms with Crippen LogP contribution in [-0.4, -0.2) is 35.1 Å². The van der Waals surface area contributed by atoms with E-state index in [1.165, 1.54) is 12.1 Å². The largest absolute Gasteiger partial charge is 0.478 e. The van der Waals surface area contributed by atoms with Gasteiger partial charge < -0.3 is 15.7 Å². The van der Waals surface area contributed by atoms with E-state index in [1.807, 2.05) is 6.92 Å². The lowest BCUT2D eigenvalue weighted by Crippen LogP contribution is -2.29. The molecule has 0 aromatic carbocycles. The van der Waals surface area contributed by atoms with Gasteiger partial charge in [0.2, 0.25) is 5.91 Å². The Bertz CT molecular complexity index is 432. The van der Waals surface area contributed by atoms with Gasteiger partial charge in [0.1, 0.15) is 5.82 Å². The summed E-state index contributed by atoms with van der Waals surface area (Å²) in [6.07, 6.45) is 0. The van der Waals surface area contributed by atoms with E-state index in [9.17, 15) is 9.59 Å². The van der Waals surface area contributed by atoms with Crippen molar-refractivity contribution in [3.63, 3.8) is 0 Å². The van der Waals surface area contributed by atoms with E-state index in [0.717, 1.165) is 0 Å². The highest BCUT2D eigenvalue weighted by atomic mass is 16.4. The lowest BCUT2D eigenvalue weighted by Gasteiger charge is -2.07. The van der Waals surface area contributed by atoms with Crippen LogP contribution >= 0.6 is 0 Å². The van der Waals surface area contributed by atoms with Crippen LogP contribution in [0.3, 0.4) is 0 Å². The molecule has 1 amide bonds. The molecule has 0 fully saturated rings. The van der Waals surface area contributed by atoms with Crippen molar-refractivity contribution in [2.75, 3.05) is 18.4 Å². The molecule has 92 valence electrons. The summed E-state index contributed by atoms with van der Waals surface area (Å²) in [6, 6.07) is 2.87. The third-order valence-corrected chi connectivity index (χ3v) is 2.00. The van der Waals surface area contributed by atoms with Crippen LogP contribution in [0, 0.1) is 6.92 Å². The fraction of sp³-hybridized carbons (Fsp3) is 0.364. The first-order valence-corrected chi connectivity index (χ1v) is 5.25. The monoisotopic (exact) mass is 237 g/mol. The lowest BCUT2D eigenvalue weighted by molar-refractivity contribution is -0.119. The first-order valence-electron chi connectivity index (χ1n) is 5.25. The molecule has 0 aliphatic heterocycles. The number of carboxylic acids is 1. The molecule has 1 rings (SSSR count). The van der Waals surface area contributed by atoms with Gasteiger partial charge in [-0.3, -0.25) is 4.79 Å². The lowest BCUT2D eigenvalue weighted by atomic mass is 10.2.